The molecule has 9 rings (SSSR count). The van der Waals surface area contributed by atoms with Crippen molar-refractivity contribution in [2.45, 2.75) is 79.1 Å². The maximum absolute atomic E-state index is 2.50. The van der Waals surface area contributed by atoms with Crippen LogP contribution in [-0.2, 0) is 0 Å². The molecular weight excluding hydrogens is 725 g/mol. The van der Waals surface area contributed by atoms with Gasteiger partial charge in [-0.15, -0.1) is 0 Å². The highest BCUT2D eigenvalue weighted by molar-refractivity contribution is 5.91. The summed E-state index contributed by atoms with van der Waals surface area (Å²) in [6, 6.07) is 59.0. The average Bonchev–Trinajstić information content (AvgIpc) is 3.90. The molecule has 0 N–H and O–H groups in total. The van der Waals surface area contributed by atoms with Gasteiger partial charge >= 0.3 is 0 Å². The second-order valence-electron chi connectivity index (χ2n) is 17.8. The molecule has 298 valence electrons. The van der Waals surface area contributed by atoms with Crippen molar-refractivity contribution in [3.8, 4) is 55.9 Å². The third-order valence-corrected chi connectivity index (χ3v) is 12.5. The molecule has 0 aliphatic carbocycles. The van der Waals surface area contributed by atoms with Crippen molar-refractivity contribution >= 4 is 21.8 Å². The van der Waals surface area contributed by atoms with Crippen LogP contribution in [0.1, 0.15) is 101 Å². The molecule has 0 radical (unpaired) electrons. The highest BCUT2D eigenvalue weighted by Crippen LogP contribution is 2.43. The summed E-state index contributed by atoms with van der Waals surface area (Å²) in [6.45, 7) is 18.7. The first kappa shape index (κ1) is 39.1. The summed E-state index contributed by atoms with van der Waals surface area (Å²) >= 11 is 0. The standard InChI is InChI=1S/C58H56N2/c1-37(2)49-35-55(43-22-24-57-45(31-43)26-28-59(57)47-18-11-9-12-19-47)51(39(5)6)33-53(49)41-16-15-17-42(30-41)54-34-52(40(7)8)56(36-50(54)38(3)4)44-23-25-58-46(32-44)27-29-60(58)48-20-13-10-14-21-48/h9-40H,1-8H3. The highest BCUT2D eigenvalue weighted by atomic mass is 15.0. The van der Waals surface area contributed by atoms with Crippen molar-refractivity contribution in [2.75, 3.05) is 0 Å². The van der Waals surface area contributed by atoms with Crippen LogP contribution in [-0.4, -0.2) is 9.13 Å². The molecule has 0 saturated heterocycles. The van der Waals surface area contributed by atoms with Crippen LogP contribution in [0.3, 0.4) is 0 Å². The number of aromatic nitrogens is 2. The lowest BCUT2D eigenvalue weighted by molar-refractivity contribution is 0.848. The quantitative estimate of drug-likeness (QED) is 0.131. The van der Waals surface area contributed by atoms with Gasteiger partial charge in [-0.05, 0) is 181 Å². The van der Waals surface area contributed by atoms with Gasteiger partial charge in [0, 0.05) is 34.5 Å². The van der Waals surface area contributed by atoms with Crippen molar-refractivity contribution in [3.05, 3.63) is 192 Å². The van der Waals surface area contributed by atoms with E-state index < -0.39 is 0 Å². The van der Waals surface area contributed by atoms with Crippen LogP contribution >= 0.6 is 0 Å². The summed E-state index contributed by atoms with van der Waals surface area (Å²) in [5.74, 6) is 1.42. The van der Waals surface area contributed by atoms with Gasteiger partial charge in [-0.2, -0.15) is 0 Å². The zero-order chi connectivity index (χ0) is 41.7. The van der Waals surface area contributed by atoms with E-state index in [-0.39, 0.29) is 0 Å². The minimum atomic E-state index is 0.353. The Hall–Kier alpha value is -6.38. The van der Waals surface area contributed by atoms with Gasteiger partial charge in [0.1, 0.15) is 0 Å². The van der Waals surface area contributed by atoms with Gasteiger partial charge < -0.3 is 9.13 Å². The van der Waals surface area contributed by atoms with E-state index in [0.717, 1.165) is 0 Å². The maximum atomic E-state index is 2.50. The number of para-hydroxylation sites is 2. The van der Waals surface area contributed by atoms with Crippen LogP contribution in [0.2, 0.25) is 0 Å². The second kappa shape index (κ2) is 16.0. The Labute approximate surface area is 356 Å². The fourth-order valence-electron chi connectivity index (χ4n) is 9.28. The summed E-state index contributed by atoms with van der Waals surface area (Å²) in [5.41, 5.74) is 20.8. The van der Waals surface area contributed by atoms with E-state index in [1.54, 1.807) is 0 Å². The topological polar surface area (TPSA) is 9.86 Å². The van der Waals surface area contributed by atoms with E-state index in [9.17, 15) is 0 Å². The first-order valence-electron chi connectivity index (χ1n) is 21.9. The summed E-state index contributed by atoms with van der Waals surface area (Å²) in [6.07, 6.45) is 4.38. The van der Waals surface area contributed by atoms with E-state index in [2.05, 4.69) is 235 Å². The van der Waals surface area contributed by atoms with E-state index in [4.69, 9.17) is 0 Å². The van der Waals surface area contributed by atoms with Gasteiger partial charge in [-0.25, -0.2) is 0 Å². The minimum absolute atomic E-state index is 0.353. The SMILES string of the molecule is CC(C)c1cc(-c2ccc3c(ccn3-c3ccccc3)c2)c(C(C)C)cc1-c1cccc(-c2cc(C(C)C)c(-c3ccc4c(ccn4-c4ccccc4)c3)cc2C(C)C)c1. The molecule has 2 heteroatoms. The summed E-state index contributed by atoms with van der Waals surface area (Å²) in [4.78, 5) is 0. The lowest BCUT2D eigenvalue weighted by Crippen LogP contribution is -2.02. The summed E-state index contributed by atoms with van der Waals surface area (Å²) < 4.78 is 4.56. The van der Waals surface area contributed by atoms with E-state index in [1.807, 2.05) is 0 Å². The van der Waals surface area contributed by atoms with Gasteiger partial charge in [0.15, 0.2) is 0 Å². The molecule has 7 aromatic carbocycles. The van der Waals surface area contributed by atoms with Crippen molar-refractivity contribution in [1.82, 2.24) is 9.13 Å². The number of hydrogen-bond acceptors (Lipinski definition) is 0. The Balaban J connectivity index is 1.13. The number of fused-ring (bicyclic) bond motifs is 2. The highest BCUT2D eigenvalue weighted by Gasteiger charge is 2.21. The van der Waals surface area contributed by atoms with Gasteiger partial charge in [0.2, 0.25) is 0 Å². The molecule has 0 unspecified atom stereocenters. The van der Waals surface area contributed by atoms with Crippen molar-refractivity contribution in [2.24, 2.45) is 0 Å². The number of hydrogen-bond donors (Lipinski definition) is 0. The molecule has 0 spiro atoms. The normalized spacial score (nSPS) is 11.9. The van der Waals surface area contributed by atoms with Crippen LogP contribution in [0.4, 0.5) is 0 Å². The third kappa shape index (κ3) is 7.19. The van der Waals surface area contributed by atoms with Crippen LogP contribution in [0.15, 0.2) is 170 Å². The van der Waals surface area contributed by atoms with Gasteiger partial charge in [-0.3, -0.25) is 0 Å². The first-order valence-corrected chi connectivity index (χ1v) is 21.9. The predicted octanol–water partition coefficient (Wildman–Crippen LogP) is 16.7. The molecule has 0 aliphatic heterocycles. The lowest BCUT2D eigenvalue weighted by atomic mass is 9.81. The van der Waals surface area contributed by atoms with Gasteiger partial charge in [0.05, 0.1) is 11.0 Å². The van der Waals surface area contributed by atoms with Crippen molar-refractivity contribution in [3.63, 3.8) is 0 Å². The zero-order valence-corrected chi connectivity index (χ0v) is 36.4. The monoisotopic (exact) mass is 780 g/mol. The molecule has 0 amide bonds. The fourth-order valence-corrected chi connectivity index (χ4v) is 9.28. The molecule has 0 saturated carbocycles. The Kier molecular flexibility index (Phi) is 10.4. The Morgan fingerprint density at radius 1 is 0.300 bits per heavy atom. The Bertz CT molecular complexity index is 2770. The molecule has 2 heterocycles. The third-order valence-electron chi connectivity index (χ3n) is 12.5. The Morgan fingerprint density at radius 2 is 0.633 bits per heavy atom. The Morgan fingerprint density at radius 3 is 0.967 bits per heavy atom. The smallest absolute Gasteiger partial charge is 0.0528 e. The minimum Gasteiger partial charge on any atom is -0.317 e. The molecule has 0 fully saturated rings. The fraction of sp³-hybridized carbons (Fsp3) is 0.207. The lowest BCUT2D eigenvalue weighted by Gasteiger charge is -2.23. The number of nitrogens with zero attached hydrogens (tertiary/aromatic N) is 2. The molecular formula is C58H56N2. The molecule has 0 bridgehead atoms. The molecule has 0 atom stereocenters. The van der Waals surface area contributed by atoms with Crippen LogP contribution in [0.25, 0.3) is 77.7 Å². The van der Waals surface area contributed by atoms with Crippen LogP contribution < -0.4 is 0 Å². The summed E-state index contributed by atoms with van der Waals surface area (Å²) in [7, 11) is 0. The number of rotatable bonds is 10. The second-order valence-corrected chi connectivity index (χ2v) is 17.8. The van der Waals surface area contributed by atoms with E-state index >= 15 is 0 Å². The van der Waals surface area contributed by atoms with Crippen LogP contribution in [0, 0.1) is 0 Å². The maximum Gasteiger partial charge on any atom is 0.0528 e. The molecule has 2 nitrogen and oxygen atoms in total. The molecule has 9 aromatic rings. The molecule has 60 heavy (non-hydrogen) atoms. The van der Waals surface area contributed by atoms with Crippen LogP contribution in [0.5, 0.6) is 0 Å². The molecule has 2 aromatic heterocycles. The van der Waals surface area contributed by atoms with E-state index in [1.165, 1.54) is 99.9 Å². The summed E-state index contributed by atoms with van der Waals surface area (Å²) in [5, 5.41) is 2.51. The number of benzene rings is 7. The van der Waals surface area contributed by atoms with Crippen molar-refractivity contribution in [1.29, 1.82) is 0 Å². The largest absolute Gasteiger partial charge is 0.317 e. The van der Waals surface area contributed by atoms with Gasteiger partial charge in [0.25, 0.3) is 0 Å². The van der Waals surface area contributed by atoms with Crippen molar-refractivity contribution < 1.29 is 0 Å². The predicted molar refractivity (Wildman–Crippen MR) is 258 cm³/mol. The zero-order valence-electron chi connectivity index (χ0n) is 36.4. The van der Waals surface area contributed by atoms with Gasteiger partial charge in [-0.1, -0.05) is 122 Å². The average molecular weight is 781 g/mol. The van der Waals surface area contributed by atoms with E-state index in [0.29, 0.717) is 23.7 Å². The first-order chi connectivity index (χ1) is 29.0. The molecule has 0 aliphatic rings.